The normalized spacial score (nSPS) is 19.0. The molecule has 1 nitrogen and oxygen atoms in total. The molecule has 2 rings (SSSR count). The molecule has 0 radical (unpaired) electrons. The summed E-state index contributed by atoms with van der Waals surface area (Å²) in [6, 6.07) is 5.31. The molecule has 0 aliphatic heterocycles. The molecule has 0 saturated heterocycles. The lowest BCUT2D eigenvalue weighted by molar-refractivity contribution is 0.221. The van der Waals surface area contributed by atoms with Gasteiger partial charge in [-0.2, -0.15) is 0 Å². The topological polar surface area (TPSA) is 26.0 Å². The zero-order valence-electron chi connectivity index (χ0n) is 8.98. The zero-order valence-corrected chi connectivity index (χ0v) is 9.74. The Labute approximate surface area is 94.4 Å². The van der Waals surface area contributed by atoms with E-state index in [2.05, 4.69) is 0 Å². The van der Waals surface area contributed by atoms with Crippen LogP contribution in [0.3, 0.4) is 0 Å². The molecule has 0 aromatic heterocycles. The summed E-state index contributed by atoms with van der Waals surface area (Å²) in [6.07, 6.45) is 1.93. The molecule has 1 aromatic rings. The van der Waals surface area contributed by atoms with Gasteiger partial charge in [0, 0.05) is 10.6 Å². The molecular weight excluding hydrogens is 213 g/mol. The van der Waals surface area contributed by atoms with Gasteiger partial charge in [0.15, 0.2) is 0 Å². The van der Waals surface area contributed by atoms with Crippen molar-refractivity contribution in [2.75, 3.05) is 0 Å². The zero-order chi connectivity index (χ0) is 11.3. The average molecular weight is 228 g/mol. The Balaban J connectivity index is 2.40. The van der Waals surface area contributed by atoms with Crippen LogP contribution in [0.25, 0.3) is 0 Å². The second-order valence-electron chi connectivity index (χ2n) is 4.82. The molecule has 0 unspecified atom stereocenters. The molecule has 1 aliphatic rings. The Morgan fingerprint density at radius 2 is 2.00 bits per heavy atom. The monoisotopic (exact) mass is 227 g/mol. The largest absolute Gasteiger partial charge is 0.321 e. The Bertz CT molecular complexity index is 391. The number of hydrogen-bond acceptors (Lipinski definition) is 1. The minimum Gasteiger partial charge on any atom is -0.321 e. The average Bonchev–Trinajstić information content (AvgIpc) is 2.82. The van der Waals surface area contributed by atoms with Crippen molar-refractivity contribution < 1.29 is 4.39 Å². The highest BCUT2D eigenvalue weighted by Crippen LogP contribution is 2.46. The Kier molecular flexibility index (Phi) is 2.32. The molecule has 82 valence electrons. The highest BCUT2D eigenvalue weighted by Gasteiger charge is 2.41. The van der Waals surface area contributed by atoms with Crippen LogP contribution in [0.1, 0.15) is 37.8 Å². The highest BCUT2D eigenvalue weighted by molar-refractivity contribution is 6.31. The number of rotatable bonds is 2. The van der Waals surface area contributed by atoms with E-state index in [1.54, 1.807) is 12.1 Å². The molecule has 1 aliphatic carbocycles. The first kappa shape index (κ1) is 10.9. The second kappa shape index (κ2) is 3.19. The van der Waals surface area contributed by atoms with Crippen LogP contribution in [0.15, 0.2) is 18.2 Å². The van der Waals surface area contributed by atoms with Crippen molar-refractivity contribution in [3.05, 3.63) is 34.3 Å². The molecule has 0 amide bonds. The van der Waals surface area contributed by atoms with Crippen LogP contribution in [0.4, 0.5) is 4.39 Å². The van der Waals surface area contributed by atoms with E-state index in [4.69, 9.17) is 17.3 Å². The van der Waals surface area contributed by atoms with Gasteiger partial charge >= 0.3 is 0 Å². The van der Waals surface area contributed by atoms with Crippen molar-refractivity contribution in [1.29, 1.82) is 0 Å². The van der Waals surface area contributed by atoms with E-state index in [9.17, 15) is 4.39 Å². The maximum absolute atomic E-state index is 13.7. The molecule has 1 aromatic carbocycles. The lowest BCUT2D eigenvalue weighted by Crippen LogP contribution is -2.20. The van der Waals surface area contributed by atoms with Crippen molar-refractivity contribution in [2.45, 2.75) is 37.9 Å². The predicted molar refractivity (Wildman–Crippen MR) is 60.7 cm³/mol. The predicted octanol–water partition coefficient (Wildman–Crippen LogP) is 3.49. The lowest BCUT2D eigenvalue weighted by Gasteiger charge is -2.18. The van der Waals surface area contributed by atoms with E-state index in [-0.39, 0.29) is 5.54 Å². The van der Waals surface area contributed by atoms with E-state index in [1.807, 2.05) is 6.07 Å². The van der Waals surface area contributed by atoms with Crippen LogP contribution < -0.4 is 5.73 Å². The van der Waals surface area contributed by atoms with Gasteiger partial charge in [-0.25, -0.2) is 4.39 Å². The van der Waals surface area contributed by atoms with Gasteiger partial charge in [0.2, 0.25) is 0 Å². The van der Waals surface area contributed by atoms with Crippen molar-refractivity contribution in [3.8, 4) is 0 Å². The fourth-order valence-corrected chi connectivity index (χ4v) is 2.06. The maximum atomic E-state index is 13.7. The van der Waals surface area contributed by atoms with Gasteiger partial charge in [0.05, 0.1) is 0 Å². The third-order valence-electron chi connectivity index (χ3n) is 2.98. The van der Waals surface area contributed by atoms with E-state index >= 15 is 0 Å². The SMILES string of the molecule is CC(C)(F)c1ccc(C2(N)CC2)c(Cl)c1. The summed E-state index contributed by atoms with van der Waals surface area (Å²) in [5.74, 6) is 0. The van der Waals surface area contributed by atoms with Gasteiger partial charge in [0.1, 0.15) is 5.67 Å². The molecular formula is C12H15ClFN. The fourth-order valence-electron chi connectivity index (χ4n) is 1.69. The quantitative estimate of drug-likeness (QED) is 0.823. The Hall–Kier alpha value is -0.600. The lowest BCUT2D eigenvalue weighted by atomic mass is 9.96. The molecule has 0 spiro atoms. The summed E-state index contributed by atoms with van der Waals surface area (Å²) in [5.41, 5.74) is 5.98. The number of benzene rings is 1. The summed E-state index contributed by atoms with van der Waals surface area (Å²) in [7, 11) is 0. The maximum Gasteiger partial charge on any atom is 0.130 e. The molecule has 1 saturated carbocycles. The second-order valence-corrected chi connectivity index (χ2v) is 5.23. The third kappa shape index (κ3) is 2.01. The Morgan fingerprint density at radius 1 is 1.40 bits per heavy atom. The van der Waals surface area contributed by atoms with Gasteiger partial charge in [-0.1, -0.05) is 23.7 Å². The number of halogens is 2. The molecule has 15 heavy (non-hydrogen) atoms. The summed E-state index contributed by atoms with van der Waals surface area (Å²) in [4.78, 5) is 0. The standard InChI is InChI=1S/C12H15ClFN/c1-11(2,14)8-3-4-9(10(13)7-8)12(15)5-6-12/h3-4,7H,5-6,15H2,1-2H3. The molecule has 0 heterocycles. The van der Waals surface area contributed by atoms with Gasteiger partial charge in [0.25, 0.3) is 0 Å². The summed E-state index contributed by atoms with van der Waals surface area (Å²) in [5, 5.41) is 0.582. The van der Waals surface area contributed by atoms with Crippen LogP contribution in [-0.4, -0.2) is 0 Å². The van der Waals surface area contributed by atoms with Crippen molar-refractivity contribution >= 4 is 11.6 Å². The van der Waals surface area contributed by atoms with E-state index < -0.39 is 5.67 Å². The van der Waals surface area contributed by atoms with E-state index in [0.717, 1.165) is 18.4 Å². The van der Waals surface area contributed by atoms with Crippen LogP contribution in [-0.2, 0) is 11.2 Å². The number of hydrogen-bond donors (Lipinski definition) is 1. The highest BCUT2D eigenvalue weighted by atomic mass is 35.5. The van der Waals surface area contributed by atoms with E-state index in [0.29, 0.717) is 10.6 Å². The van der Waals surface area contributed by atoms with Crippen LogP contribution >= 0.6 is 11.6 Å². The van der Waals surface area contributed by atoms with Crippen LogP contribution in [0, 0.1) is 0 Å². The summed E-state index contributed by atoms with van der Waals surface area (Å²) >= 11 is 6.11. The molecule has 1 fully saturated rings. The Morgan fingerprint density at radius 3 is 2.40 bits per heavy atom. The van der Waals surface area contributed by atoms with Crippen molar-refractivity contribution in [3.63, 3.8) is 0 Å². The van der Waals surface area contributed by atoms with Gasteiger partial charge < -0.3 is 5.73 Å². The van der Waals surface area contributed by atoms with Gasteiger partial charge in [-0.3, -0.25) is 0 Å². The number of nitrogens with two attached hydrogens (primary N) is 1. The summed E-state index contributed by atoms with van der Waals surface area (Å²) < 4.78 is 13.7. The van der Waals surface area contributed by atoms with Crippen LogP contribution in [0.5, 0.6) is 0 Å². The molecule has 0 bridgehead atoms. The van der Waals surface area contributed by atoms with E-state index in [1.165, 1.54) is 13.8 Å². The van der Waals surface area contributed by atoms with Gasteiger partial charge in [-0.05, 0) is 43.9 Å². The first-order chi connectivity index (χ1) is 6.83. The first-order valence-corrected chi connectivity index (χ1v) is 5.49. The minimum atomic E-state index is -1.35. The molecule has 0 atom stereocenters. The fraction of sp³-hybridized carbons (Fsp3) is 0.500. The number of alkyl halides is 1. The summed E-state index contributed by atoms with van der Waals surface area (Å²) in [6.45, 7) is 3.04. The third-order valence-corrected chi connectivity index (χ3v) is 3.29. The smallest absolute Gasteiger partial charge is 0.130 e. The molecule has 3 heteroatoms. The van der Waals surface area contributed by atoms with Crippen LogP contribution in [0.2, 0.25) is 5.02 Å². The van der Waals surface area contributed by atoms with Crippen molar-refractivity contribution in [2.24, 2.45) is 5.73 Å². The molecule has 2 N–H and O–H groups in total. The van der Waals surface area contributed by atoms with Crippen molar-refractivity contribution in [1.82, 2.24) is 0 Å². The minimum absolute atomic E-state index is 0.254. The van der Waals surface area contributed by atoms with Gasteiger partial charge in [-0.15, -0.1) is 0 Å². The first-order valence-electron chi connectivity index (χ1n) is 5.11.